The lowest BCUT2D eigenvalue weighted by Crippen LogP contribution is -2.44. The fraction of sp³-hybridized carbons (Fsp3) is 0.424. The van der Waals surface area contributed by atoms with Gasteiger partial charge < -0.3 is 26.0 Å². The molecule has 2 aliphatic rings. The molecule has 0 bridgehead atoms. The number of nitrogens with zero attached hydrogens (tertiary/aromatic N) is 2. The van der Waals surface area contributed by atoms with Crippen molar-refractivity contribution in [1.29, 1.82) is 0 Å². The first kappa shape index (κ1) is 28.8. The second-order valence-electron chi connectivity index (χ2n) is 11.4. The maximum absolute atomic E-state index is 13.5. The summed E-state index contributed by atoms with van der Waals surface area (Å²) in [7, 11) is 0. The summed E-state index contributed by atoms with van der Waals surface area (Å²) < 4.78 is 6.25. The summed E-state index contributed by atoms with van der Waals surface area (Å²) in [5.41, 5.74) is 12.3. The number of aryl methyl sites for hydroxylation is 2. The van der Waals surface area contributed by atoms with Crippen molar-refractivity contribution in [3.8, 4) is 11.1 Å². The van der Waals surface area contributed by atoms with Gasteiger partial charge in [-0.15, -0.1) is 0 Å². The zero-order valence-corrected chi connectivity index (χ0v) is 24.3. The third-order valence-corrected chi connectivity index (χ3v) is 8.42. The van der Waals surface area contributed by atoms with Crippen LogP contribution >= 0.6 is 0 Å². The summed E-state index contributed by atoms with van der Waals surface area (Å²) in [5.74, 6) is 0.799. The van der Waals surface area contributed by atoms with Gasteiger partial charge in [0, 0.05) is 37.9 Å². The number of amides is 2. The highest BCUT2D eigenvalue weighted by atomic mass is 16.5. The number of benzene rings is 2. The molecule has 2 aromatic carbocycles. The van der Waals surface area contributed by atoms with Gasteiger partial charge >= 0.3 is 0 Å². The smallest absolute Gasteiger partial charge is 0.253 e. The van der Waals surface area contributed by atoms with E-state index in [0.717, 1.165) is 43.5 Å². The highest BCUT2D eigenvalue weighted by Gasteiger charge is 2.30. The zero-order chi connectivity index (χ0) is 28.9. The van der Waals surface area contributed by atoms with Crippen LogP contribution in [0, 0.1) is 12.8 Å². The SMILES string of the molecule is CCc1cc(CO[C@H]2CNC[C@@H]2NC(=O)c2cnc(N)cc2-c2ccc(C(=O)N3CCC(C)CC3)cc2)ccc1C. The van der Waals surface area contributed by atoms with Crippen molar-refractivity contribution in [2.24, 2.45) is 5.92 Å². The van der Waals surface area contributed by atoms with Gasteiger partial charge in [-0.2, -0.15) is 0 Å². The van der Waals surface area contributed by atoms with Gasteiger partial charge in [-0.1, -0.05) is 44.2 Å². The Morgan fingerprint density at radius 3 is 2.59 bits per heavy atom. The molecule has 4 N–H and O–H groups in total. The number of rotatable bonds is 8. The van der Waals surface area contributed by atoms with Crippen molar-refractivity contribution < 1.29 is 14.3 Å². The lowest BCUT2D eigenvalue weighted by atomic mass is 9.97. The number of nitrogens with two attached hydrogens (primary N) is 1. The lowest BCUT2D eigenvalue weighted by Gasteiger charge is -2.30. The van der Waals surface area contributed by atoms with Crippen LogP contribution in [0.15, 0.2) is 54.7 Å². The van der Waals surface area contributed by atoms with E-state index in [1.165, 1.54) is 17.3 Å². The molecule has 0 radical (unpaired) electrons. The molecule has 0 aliphatic carbocycles. The third-order valence-electron chi connectivity index (χ3n) is 8.42. The number of piperidine rings is 1. The lowest BCUT2D eigenvalue weighted by molar-refractivity contribution is 0.0357. The zero-order valence-electron chi connectivity index (χ0n) is 24.3. The molecule has 2 aliphatic heterocycles. The van der Waals surface area contributed by atoms with Crippen LogP contribution in [-0.2, 0) is 17.8 Å². The first-order valence-electron chi connectivity index (χ1n) is 14.7. The summed E-state index contributed by atoms with van der Waals surface area (Å²) in [6.07, 6.45) is 4.42. The first-order chi connectivity index (χ1) is 19.8. The number of carbonyl (C=O) groups is 2. The summed E-state index contributed by atoms with van der Waals surface area (Å²) in [6, 6.07) is 15.4. The molecule has 2 amide bonds. The molecule has 41 heavy (non-hydrogen) atoms. The van der Waals surface area contributed by atoms with Crippen molar-refractivity contribution in [3.05, 3.63) is 82.5 Å². The minimum Gasteiger partial charge on any atom is -0.384 e. The molecular weight excluding hydrogens is 514 g/mol. The highest BCUT2D eigenvalue weighted by molar-refractivity contribution is 6.01. The summed E-state index contributed by atoms with van der Waals surface area (Å²) in [4.78, 5) is 32.7. The third kappa shape index (κ3) is 6.77. The molecule has 8 heteroatoms. The topological polar surface area (TPSA) is 110 Å². The largest absolute Gasteiger partial charge is 0.384 e. The Bertz CT molecular complexity index is 1380. The van der Waals surface area contributed by atoms with Gasteiger partial charge in [-0.3, -0.25) is 9.59 Å². The standard InChI is InChI=1S/C33H41N5O3/c1-4-24-15-23(6-5-22(24)3)20-41-30-19-35-18-29(30)37-32(39)28-17-36-31(34)16-27(28)25-7-9-26(10-8-25)33(40)38-13-11-21(2)12-14-38/h5-10,15-17,21,29-30,35H,4,11-14,18-20H2,1-3H3,(H2,34,36)(H,37,39)/t29-,30-/m0/s1. The van der Waals surface area contributed by atoms with Gasteiger partial charge in [-0.25, -0.2) is 4.98 Å². The Balaban J connectivity index is 1.27. The number of aromatic nitrogens is 1. The molecule has 2 fully saturated rings. The van der Waals surface area contributed by atoms with Crippen molar-refractivity contribution in [2.75, 3.05) is 31.9 Å². The average Bonchev–Trinajstić information content (AvgIpc) is 3.43. The van der Waals surface area contributed by atoms with Crippen molar-refractivity contribution in [3.63, 3.8) is 0 Å². The van der Waals surface area contributed by atoms with Gasteiger partial charge in [0.25, 0.3) is 11.8 Å². The number of nitrogen functional groups attached to an aromatic ring is 1. The Morgan fingerprint density at radius 2 is 1.85 bits per heavy atom. The van der Waals surface area contributed by atoms with E-state index in [1.807, 2.05) is 29.2 Å². The second-order valence-corrected chi connectivity index (χ2v) is 11.4. The van der Waals surface area contributed by atoms with Crippen LogP contribution in [0.1, 0.15) is 64.1 Å². The molecule has 0 spiro atoms. The Kier molecular flexibility index (Phi) is 9.00. The number of nitrogens with one attached hydrogen (secondary N) is 2. The molecule has 0 unspecified atom stereocenters. The Morgan fingerprint density at radius 1 is 1.10 bits per heavy atom. The van der Waals surface area contributed by atoms with E-state index in [-0.39, 0.29) is 24.0 Å². The van der Waals surface area contributed by atoms with E-state index in [1.54, 1.807) is 6.07 Å². The number of ether oxygens (including phenoxy) is 1. The molecule has 1 aromatic heterocycles. The Labute approximate surface area is 242 Å². The van der Waals surface area contributed by atoms with E-state index in [4.69, 9.17) is 10.5 Å². The van der Waals surface area contributed by atoms with Crippen LogP contribution in [-0.4, -0.2) is 60.0 Å². The maximum atomic E-state index is 13.5. The molecular formula is C33H41N5O3. The van der Waals surface area contributed by atoms with Crippen molar-refractivity contribution >= 4 is 17.6 Å². The van der Waals surface area contributed by atoms with Gasteiger partial charge in [0.15, 0.2) is 0 Å². The second kappa shape index (κ2) is 12.8. The van der Waals surface area contributed by atoms with Crippen molar-refractivity contribution in [1.82, 2.24) is 20.5 Å². The summed E-state index contributed by atoms with van der Waals surface area (Å²) in [5, 5.41) is 6.49. The summed E-state index contributed by atoms with van der Waals surface area (Å²) in [6.45, 7) is 9.86. The number of anilines is 1. The van der Waals surface area contributed by atoms with Gasteiger partial charge in [-0.05, 0) is 78.1 Å². The minimum absolute atomic E-state index is 0.0481. The maximum Gasteiger partial charge on any atom is 0.253 e. The van der Waals surface area contributed by atoms with E-state index < -0.39 is 0 Å². The van der Waals surface area contributed by atoms with E-state index in [9.17, 15) is 9.59 Å². The van der Waals surface area contributed by atoms with Crippen LogP contribution in [0.5, 0.6) is 0 Å². The predicted octanol–water partition coefficient (Wildman–Crippen LogP) is 4.36. The predicted molar refractivity (Wildman–Crippen MR) is 162 cm³/mol. The normalized spacial score (nSPS) is 19.3. The number of hydrogen-bond acceptors (Lipinski definition) is 6. The molecule has 3 aromatic rings. The minimum atomic E-state index is -0.235. The average molecular weight is 556 g/mol. The number of pyridine rings is 1. The van der Waals surface area contributed by atoms with Gasteiger partial charge in [0.1, 0.15) is 5.82 Å². The van der Waals surface area contributed by atoms with E-state index in [0.29, 0.717) is 48.1 Å². The molecule has 8 nitrogen and oxygen atoms in total. The van der Waals surface area contributed by atoms with Gasteiger partial charge in [0.05, 0.1) is 24.3 Å². The van der Waals surface area contributed by atoms with E-state index >= 15 is 0 Å². The first-order valence-corrected chi connectivity index (χ1v) is 14.7. The van der Waals surface area contributed by atoms with E-state index in [2.05, 4.69) is 54.6 Å². The number of carbonyl (C=O) groups excluding carboxylic acids is 2. The highest BCUT2D eigenvalue weighted by Crippen LogP contribution is 2.27. The van der Waals surface area contributed by atoms with Crippen LogP contribution in [0.4, 0.5) is 5.82 Å². The van der Waals surface area contributed by atoms with Gasteiger partial charge in [0.2, 0.25) is 0 Å². The van der Waals surface area contributed by atoms with Crippen LogP contribution < -0.4 is 16.4 Å². The fourth-order valence-electron chi connectivity index (χ4n) is 5.70. The molecule has 2 atom stereocenters. The number of hydrogen-bond donors (Lipinski definition) is 3. The quantitative estimate of drug-likeness (QED) is 0.381. The van der Waals surface area contributed by atoms with Crippen LogP contribution in [0.2, 0.25) is 0 Å². The monoisotopic (exact) mass is 555 g/mol. The van der Waals surface area contributed by atoms with Crippen LogP contribution in [0.25, 0.3) is 11.1 Å². The molecule has 5 rings (SSSR count). The molecule has 0 saturated carbocycles. The van der Waals surface area contributed by atoms with Crippen LogP contribution in [0.3, 0.4) is 0 Å². The summed E-state index contributed by atoms with van der Waals surface area (Å²) >= 11 is 0. The van der Waals surface area contributed by atoms with Crippen molar-refractivity contribution in [2.45, 2.75) is 58.8 Å². The molecule has 3 heterocycles. The molecule has 216 valence electrons. The number of likely N-dealkylation sites (tertiary alicyclic amines) is 1. The Hall–Kier alpha value is -3.75. The fourth-order valence-corrected chi connectivity index (χ4v) is 5.70. The molecule has 2 saturated heterocycles.